The molecule has 0 aliphatic heterocycles. The highest BCUT2D eigenvalue weighted by molar-refractivity contribution is 7.92. The molecule has 11 heteroatoms. The Morgan fingerprint density at radius 3 is 2.17 bits per heavy atom. The Labute approximate surface area is 202 Å². The van der Waals surface area contributed by atoms with E-state index in [2.05, 4.69) is 10.5 Å². The summed E-state index contributed by atoms with van der Waals surface area (Å²) < 4.78 is 54.8. The van der Waals surface area contributed by atoms with E-state index in [0.717, 1.165) is 10.9 Å². The summed E-state index contributed by atoms with van der Waals surface area (Å²) in [6, 6.07) is 20.1. The lowest BCUT2D eigenvalue weighted by Gasteiger charge is -2.08. The first kappa shape index (κ1) is 24.3. The SMILES string of the molecule is Cc1ccc(S(=O)(=O)C/C(=N\NC(=O)c2ccc(S(N)(=O)=O)cc2)c2cc3ccccc3o2)cc1. The number of nitrogens with one attached hydrogen (secondary N) is 1. The first-order chi connectivity index (χ1) is 16.5. The van der Waals surface area contributed by atoms with E-state index < -0.39 is 31.5 Å². The number of carbonyl (C=O) groups is 1. The van der Waals surface area contributed by atoms with Crippen molar-refractivity contribution in [2.24, 2.45) is 10.2 Å². The molecular formula is C24H21N3O6S2. The third-order valence-corrected chi connectivity index (χ3v) is 7.73. The van der Waals surface area contributed by atoms with Crippen molar-refractivity contribution in [3.05, 3.63) is 95.7 Å². The van der Waals surface area contributed by atoms with Gasteiger partial charge >= 0.3 is 0 Å². The standard InChI is InChI=1S/C24H21N3O6S2/c1-16-6-10-19(11-7-16)34(29,30)15-21(23-14-18-4-2-3-5-22(18)33-23)26-27-24(28)17-8-12-20(13-9-17)35(25,31)32/h2-14H,15H2,1H3,(H,27,28)(H2,25,31,32)/b26-21+. The lowest BCUT2D eigenvalue weighted by Crippen LogP contribution is -2.24. The molecule has 1 aromatic heterocycles. The number of benzene rings is 3. The zero-order valence-corrected chi connectivity index (χ0v) is 20.1. The molecule has 0 radical (unpaired) electrons. The van der Waals surface area contributed by atoms with E-state index in [1.165, 1.54) is 36.4 Å². The zero-order valence-electron chi connectivity index (χ0n) is 18.5. The predicted octanol–water partition coefficient (Wildman–Crippen LogP) is 3.00. The van der Waals surface area contributed by atoms with Crippen molar-refractivity contribution in [3.63, 3.8) is 0 Å². The molecule has 3 N–H and O–H groups in total. The van der Waals surface area contributed by atoms with Gasteiger partial charge in [-0.3, -0.25) is 4.79 Å². The van der Waals surface area contributed by atoms with Crippen LogP contribution in [0.15, 0.2) is 98.2 Å². The van der Waals surface area contributed by atoms with Gasteiger partial charge in [-0.2, -0.15) is 5.10 Å². The molecule has 1 amide bonds. The van der Waals surface area contributed by atoms with E-state index in [4.69, 9.17) is 9.56 Å². The first-order valence-corrected chi connectivity index (χ1v) is 13.5. The minimum absolute atomic E-state index is 0.00344. The summed E-state index contributed by atoms with van der Waals surface area (Å²) in [5, 5.41) is 9.88. The third kappa shape index (κ3) is 5.65. The fraction of sp³-hybridized carbons (Fsp3) is 0.0833. The fourth-order valence-electron chi connectivity index (χ4n) is 3.27. The maximum Gasteiger partial charge on any atom is 0.271 e. The van der Waals surface area contributed by atoms with Crippen molar-refractivity contribution < 1.29 is 26.0 Å². The van der Waals surface area contributed by atoms with Gasteiger partial charge in [0.25, 0.3) is 5.91 Å². The van der Waals surface area contributed by atoms with Gasteiger partial charge < -0.3 is 4.42 Å². The molecule has 180 valence electrons. The second-order valence-corrected chi connectivity index (χ2v) is 11.3. The molecule has 0 spiro atoms. The highest BCUT2D eigenvalue weighted by Crippen LogP contribution is 2.21. The topological polar surface area (TPSA) is 149 Å². The summed E-state index contributed by atoms with van der Waals surface area (Å²) in [4.78, 5) is 12.6. The maximum atomic E-state index is 13.1. The van der Waals surface area contributed by atoms with Crippen LogP contribution in [0.4, 0.5) is 0 Å². The number of furan rings is 1. The van der Waals surface area contributed by atoms with E-state index in [9.17, 15) is 21.6 Å². The minimum atomic E-state index is -3.91. The van der Waals surface area contributed by atoms with E-state index in [-0.39, 0.29) is 26.8 Å². The number of hydrazone groups is 1. The molecule has 3 aromatic carbocycles. The van der Waals surface area contributed by atoms with E-state index in [1.54, 1.807) is 36.4 Å². The highest BCUT2D eigenvalue weighted by atomic mass is 32.2. The van der Waals surface area contributed by atoms with Crippen LogP contribution in [-0.2, 0) is 19.9 Å². The minimum Gasteiger partial charge on any atom is -0.455 e. The average Bonchev–Trinajstić information content (AvgIpc) is 3.25. The number of para-hydroxylation sites is 1. The number of sulfone groups is 1. The molecule has 0 atom stereocenters. The Morgan fingerprint density at radius 2 is 1.54 bits per heavy atom. The molecule has 0 bridgehead atoms. The number of carbonyl (C=O) groups excluding carboxylic acids is 1. The van der Waals surface area contributed by atoms with Gasteiger partial charge in [0.2, 0.25) is 10.0 Å². The average molecular weight is 512 g/mol. The van der Waals surface area contributed by atoms with Gasteiger partial charge in [0, 0.05) is 10.9 Å². The summed E-state index contributed by atoms with van der Waals surface area (Å²) in [7, 11) is -7.73. The smallest absolute Gasteiger partial charge is 0.271 e. The molecule has 0 saturated carbocycles. The molecule has 0 fully saturated rings. The maximum absolute atomic E-state index is 13.1. The van der Waals surface area contributed by atoms with Gasteiger partial charge in [-0.1, -0.05) is 35.9 Å². The van der Waals surface area contributed by atoms with E-state index in [0.29, 0.717) is 5.58 Å². The Kier molecular flexibility index (Phi) is 6.57. The molecule has 9 nitrogen and oxygen atoms in total. The molecule has 1 heterocycles. The van der Waals surface area contributed by atoms with Crippen LogP contribution >= 0.6 is 0 Å². The summed E-state index contributed by atoms with van der Waals surface area (Å²) >= 11 is 0. The Morgan fingerprint density at radius 1 is 0.914 bits per heavy atom. The van der Waals surface area contributed by atoms with Crippen molar-refractivity contribution in [3.8, 4) is 0 Å². The molecule has 0 saturated heterocycles. The van der Waals surface area contributed by atoms with Crippen LogP contribution in [0.3, 0.4) is 0 Å². The monoisotopic (exact) mass is 511 g/mol. The number of aryl methyl sites for hydroxylation is 1. The highest BCUT2D eigenvalue weighted by Gasteiger charge is 2.22. The van der Waals surface area contributed by atoms with Crippen molar-refractivity contribution in [2.45, 2.75) is 16.7 Å². The Balaban J connectivity index is 1.67. The molecule has 4 rings (SSSR count). The van der Waals surface area contributed by atoms with Crippen molar-refractivity contribution >= 4 is 42.4 Å². The van der Waals surface area contributed by atoms with Gasteiger partial charge in [0.1, 0.15) is 17.0 Å². The Bertz CT molecular complexity index is 1600. The number of primary sulfonamides is 1. The summed E-state index contributed by atoms with van der Waals surface area (Å²) in [5.74, 6) is -1.01. The van der Waals surface area contributed by atoms with E-state index >= 15 is 0 Å². The van der Waals surface area contributed by atoms with Crippen LogP contribution in [0.25, 0.3) is 11.0 Å². The van der Waals surface area contributed by atoms with Crippen LogP contribution in [-0.4, -0.2) is 34.2 Å². The molecule has 0 aliphatic rings. The second-order valence-electron chi connectivity index (χ2n) is 7.79. The molecule has 0 aliphatic carbocycles. The summed E-state index contributed by atoms with van der Waals surface area (Å²) in [6.07, 6.45) is 0. The quantitative estimate of drug-likeness (QED) is 0.288. The Hall–Kier alpha value is -3.80. The van der Waals surface area contributed by atoms with Crippen molar-refractivity contribution in [1.29, 1.82) is 0 Å². The summed E-state index contributed by atoms with van der Waals surface area (Å²) in [5.41, 5.74) is 3.87. The van der Waals surface area contributed by atoms with Crippen molar-refractivity contribution in [2.75, 3.05) is 5.75 Å². The number of sulfonamides is 1. The lowest BCUT2D eigenvalue weighted by molar-refractivity contribution is 0.0954. The van der Waals surface area contributed by atoms with Crippen LogP contribution in [0.1, 0.15) is 21.7 Å². The van der Waals surface area contributed by atoms with Crippen LogP contribution in [0, 0.1) is 6.92 Å². The van der Waals surface area contributed by atoms with Gasteiger partial charge in [-0.15, -0.1) is 0 Å². The number of rotatable bonds is 7. The second kappa shape index (κ2) is 9.45. The molecular weight excluding hydrogens is 490 g/mol. The van der Waals surface area contributed by atoms with Crippen molar-refractivity contribution in [1.82, 2.24) is 5.43 Å². The van der Waals surface area contributed by atoms with E-state index in [1.807, 2.05) is 13.0 Å². The summed E-state index contributed by atoms with van der Waals surface area (Å²) in [6.45, 7) is 1.85. The predicted molar refractivity (Wildman–Crippen MR) is 131 cm³/mol. The zero-order chi connectivity index (χ0) is 25.2. The largest absolute Gasteiger partial charge is 0.455 e. The number of hydrogen-bond acceptors (Lipinski definition) is 7. The van der Waals surface area contributed by atoms with Crippen LogP contribution in [0.2, 0.25) is 0 Å². The number of amides is 1. The number of nitrogens with zero attached hydrogens (tertiary/aromatic N) is 1. The molecule has 0 unspecified atom stereocenters. The van der Waals surface area contributed by atoms with Gasteiger partial charge in [-0.25, -0.2) is 27.4 Å². The first-order valence-electron chi connectivity index (χ1n) is 10.3. The normalized spacial score (nSPS) is 12.6. The number of nitrogens with two attached hydrogens (primary N) is 1. The molecule has 35 heavy (non-hydrogen) atoms. The number of fused-ring (bicyclic) bond motifs is 1. The fourth-order valence-corrected chi connectivity index (χ4v) is 5.07. The van der Waals surface area contributed by atoms with Gasteiger partial charge in [-0.05, 0) is 55.5 Å². The van der Waals surface area contributed by atoms with Gasteiger partial charge in [0.15, 0.2) is 15.6 Å². The number of hydrogen-bond donors (Lipinski definition) is 2. The molecule has 4 aromatic rings. The third-order valence-electron chi connectivity index (χ3n) is 5.15. The van der Waals surface area contributed by atoms with Gasteiger partial charge in [0.05, 0.1) is 9.79 Å². The van der Waals surface area contributed by atoms with Crippen LogP contribution < -0.4 is 10.6 Å². The lowest BCUT2D eigenvalue weighted by atomic mass is 10.2. The van der Waals surface area contributed by atoms with Crippen LogP contribution in [0.5, 0.6) is 0 Å².